The van der Waals surface area contributed by atoms with Gasteiger partial charge in [0.15, 0.2) is 0 Å². The van der Waals surface area contributed by atoms with Gasteiger partial charge in [-0.3, -0.25) is 0 Å². The summed E-state index contributed by atoms with van der Waals surface area (Å²) in [5, 5.41) is 0. The van der Waals surface area contributed by atoms with Gasteiger partial charge in [0, 0.05) is 6.54 Å². The van der Waals surface area contributed by atoms with Gasteiger partial charge < -0.3 is 9.47 Å². The number of morpholine rings is 1. The van der Waals surface area contributed by atoms with Gasteiger partial charge in [-0.15, -0.1) is 0 Å². The predicted octanol–water partition coefficient (Wildman–Crippen LogP) is 2.79. The highest BCUT2D eigenvalue weighted by molar-refractivity contribution is 9.10. The third kappa shape index (κ3) is 2.91. The first-order valence-electron chi connectivity index (χ1n) is 7.51. The number of methoxy groups -OCH3 is 1. The van der Waals surface area contributed by atoms with E-state index in [0.717, 1.165) is 25.7 Å². The van der Waals surface area contributed by atoms with Gasteiger partial charge in [-0.1, -0.05) is 12.8 Å². The topological polar surface area (TPSA) is 55.8 Å². The van der Waals surface area contributed by atoms with Gasteiger partial charge in [0.25, 0.3) is 0 Å². The number of rotatable bonds is 3. The molecule has 0 N–H and O–H groups in total. The van der Waals surface area contributed by atoms with Crippen molar-refractivity contribution in [1.29, 1.82) is 0 Å². The molecule has 1 aromatic rings. The van der Waals surface area contributed by atoms with Crippen LogP contribution in [-0.2, 0) is 14.8 Å². The molecule has 1 aliphatic heterocycles. The number of nitrogens with zero attached hydrogens (tertiary/aromatic N) is 1. The first-order chi connectivity index (χ1) is 10.5. The lowest BCUT2D eigenvalue weighted by atomic mass is 9.91. The van der Waals surface area contributed by atoms with Gasteiger partial charge in [0.05, 0.1) is 35.2 Å². The Balaban J connectivity index is 1.92. The van der Waals surface area contributed by atoms with Crippen molar-refractivity contribution < 1.29 is 17.9 Å². The molecular formula is C15H20BrNO4S. The lowest BCUT2D eigenvalue weighted by molar-refractivity contribution is -0.0586. The average Bonchev–Trinajstić information content (AvgIpc) is 2.54. The Kier molecular flexibility index (Phi) is 4.77. The molecule has 122 valence electrons. The zero-order chi connectivity index (χ0) is 15.7. The van der Waals surface area contributed by atoms with Crippen molar-refractivity contribution in [3.8, 4) is 5.75 Å². The molecule has 0 amide bonds. The van der Waals surface area contributed by atoms with E-state index in [-0.39, 0.29) is 12.1 Å². The van der Waals surface area contributed by atoms with Crippen molar-refractivity contribution in [3.05, 3.63) is 22.7 Å². The van der Waals surface area contributed by atoms with E-state index in [9.17, 15) is 8.42 Å². The zero-order valence-electron chi connectivity index (χ0n) is 12.5. The molecule has 0 unspecified atom stereocenters. The van der Waals surface area contributed by atoms with E-state index in [2.05, 4.69) is 15.9 Å². The monoisotopic (exact) mass is 389 g/mol. The van der Waals surface area contributed by atoms with E-state index < -0.39 is 10.0 Å². The third-order valence-corrected chi connectivity index (χ3v) is 6.95. The van der Waals surface area contributed by atoms with E-state index >= 15 is 0 Å². The molecule has 2 aliphatic rings. The number of ether oxygens (including phenoxy) is 2. The Bertz CT molecular complexity index is 647. The molecule has 2 atom stereocenters. The first-order valence-corrected chi connectivity index (χ1v) is 9.74. The molecule has 1 heterocycles. The molecule has 3 rings (SSSR count). The molecule has 0 bridgehead atoms. The van der Waals surface area contributed by atoms with Crippen LogP contribution in [-0.4, -0.2) is 45.1 Å². The summed E-state index contributed by atoms with van der Waals surface area (Å²) in [7, 11) is -1.95. The number of benzene rings is 1. The van der Waals surface area contributed by atoms with Gasteiger partial charge in [-0.2, -0.15) is 4.31 Å². The molecule has 2 fully saturated rings. The number of sulfonamides is 1. The molecule has 0 radical (unpaired) electrons. The fourth-order valence-corrected chi connectivity index (χ4v) is 5.68. The second-order valence-corrected chi connectivity index (χ2v) is 8.42. The second-order valence-electron chi connectivity index (χ2n) is 5.67. The Morgan fingerprint density at radius 2 is 2.09 bits per heavy atom. The molecular weight excluding hydrogens is 370 g/mol. The second kappa shape index (κ2) is 6.47. The SMILES string of the molecule is COc1ccc(S(=O)(=O)N2CCO[C@H]3CCCC[C@@H]32)cc1Br. The van der Waals surface area contributed by atoms with Crippen LogP contribution in [0.3, 0.4) is 0 Å². The quantitative estimate of drug-likeness (QED) is 0.797. The first kappa shape index (κ1) is 16.2. The number of hydrogen-bond donors (Lipinski definition) is 0. The maximum absolute atomic E-state index is 13.0. The van der Waals surface area contributed by atoms with Crippen LogP contribution in [0.4, 0.5) is 0 Å². The summed E-state index contributed by atoms with van der Waals surface area (Å²) in [6, 6.07) is 4.86. The molecule has 1 saturated heterocycles. The summed E-state index contributed by atoms with van der Waals surface area (Å²) >= 11 is 3.36. The molecule has 1 saturated carbocycles. The Morgan fingerprint density at radius 1 is 1.32 bits per heavy atom. The van der Waals surface area contributed by atoms with Gasteiger partial charge in [0.2, 0.25) is 10.0 Å². The van der Waals surface area contributed by atoms with Crippen molar-refractivity contribution >= 4 is 26.0 Å². The fraction of sp³-hybridized carbons (Fsp3) is 0.600. The highest BCUT2D eigenvalue weighted by atomic mass is 79.9. The molecule has 0 aromatic heterocycles. The summed E-state index contributed by atoms with van der Waals surface area (Å²) in [4.78, 5) is 0.298. The minimum atomic E-state index is -3.51. The van der Waals surface area contributed by atoms with Gasteiger partial charge in [0.1, 0.15) is 5.75 Å². The lowest BCUT2D eigenvalue weighted by Crippen LogP contribution is -2.54. The Morgan fingerprint density at radius 3 is 2.82 bits per heavy atom. The van der Waals surface area contributed by atoms with Crippen LogP contribution in [0, 0.1) is 0 Å². The van der Waals surface area contributed by atoms with Crippen molar-refractivity contribution in [2.75, 3.05) is 20.3 Å². The summed E-state index contributed by atoms with van der Waals surface area (Å²) in [6.07, 6.45) is 4.04. The van der Waals surface area contributed by atoms with E-state index in [1.54, 1.807) is 29.6 Å². The van der Waals surface area contributed by atoms with E-state index in [1.807, 2.05) is 0 Å². The highest BCUT2D eigenvalue weighted by Gasteiger charge is 2.40. The van der Waals surface area contributed by atoms with Gasteiger partial charge in [-0.05, 0) is 47.0 Å². The highest BCUT2D eigenvalue weighted by Crippen LogP contribution is 2.34. The predicted molar refractivity (Wildman–Crippen MR) is 86.6 cm³/mol. The maximum Gasteiger partial charge on any atom is 0.243 e. The molecule has 1 aliphatic carbocycles. The number of halogens is 1. The van der Waals surface area contributed by atoms with Crippen LogP contribution in [0.25, 0.3) is 0 Å². The largest absolute Gasteiger partial charge is 0.496 e. The standard InChI is InChI=1S/C15H20BrNO4S/c1-20-14-7-6-11(10-12(14)16)22(18,19)17-8-9-21-15-5-3-2-4-13(15)17/h6-7,10,13,15H,2-5,8-9H2,1H3/t13-,15-/m0/s1. The van der Waals surface area contributed by atoms with Gasteiger partial charge in [-0.25, -0.2) is 8.42 Å². The fourth-order valence-electron chi connectivity index (χ4n) is 3.30. The van der Waals surface area contributed by atoms with E-state index in [1.165, 1.54) is 0 Å². The van der Waals surface area contributed by atoms with Crippen molar-refractivity contribution in [2.24, 2.45) is 0 Å². The smallest absolute Gasteiger partial charge is 0.243 e. The average molecular weight is 390 g/mol. The zero-order valence-corrected chi connectivity index (χ0v) is 14.9. The molecule has 1 aromatic carbocycles. The Labute approximate surface area is 139 Å². The normalized spacial score (nSPS) is 26.5. The third-order valence-electron chi connectivity index (χ3n) is 4.41. The van der Waals surface area contributed by atoms with Crippen LogP contribution < -0.4 is 4.74 Å². The minimum Gasteiger partial charge on any atom is -0.496 e. The molecule has 0 spiro atoms. The van der Waals surface area contributed by atoms with Gasteiger partial charge >= 0.3 is 0 Å². The number of fused-ring (bicyclic) bond motifs is 1. The van der Waals surface area contributed by atoms with Crippen LogP contribution in [0.15, 0.2) is 27.6 Å². The van der Waals surface area contributed by atoms with E-state index in [0.29, 0.717) is 28.3 Å². The van der Waals surface area contributed by atoms with E-state index in [4.69, 9.17) is 9.47 Å². The van der Waals surface area contributed by atoms with Crippen LogP contribution in [0.2, 0.25) is 0 Å². The van der Waals surface area contributed by atoms with Crippen LogP contribution >= 0.6 is 15.9 Å². The molecule has 7 heteroatoms. The summed E-state index contributed by atoms with van der Waals surface area (Å²) in [5.74, 6) is 0.622. The minimum absolute atomic E-state index is 0.0339. The summed E-state index contributed by atoms with van der Waals surface area (Å²) in [6.45, 7) is 0.894. The molecule has 5 nitrogen and oxygen atoms in total. The van der Waals surface area contributed by atoms with Crippen LogP contribution in [0.5, 0.6) is 5.75 Å². The summed E-state index contributed by atoms with van der Waals surface area (Å²) in [5.41, 5.74) is 0. The number of hydrogen-bond acceptors (Lipinski definition) is 4. The van der Waals surface area contributed by atoms with Crippen molar-refractivity contribution in [3.63, 3.8) is 0 Å². The lowest BCUT2D eigenvalue weighted by Gasteiger charge is -2.42. The Hall–Kier alpha value is -0.630. The van der Waals surface area contributed by atoms with Crippen molar-refractivity contribution in [1.82, 2.24) is 4.31 Å². The molecule has 22 heavy (non-hydrogen) atoms. The summed E-state index contributed by atoms with van der Waals surface area (Å²) < 4.78 is 39.2. The maximum atomic E-state index is 13.0. The van der Waals surface area contributed by atoms with Crippen LogP contribution in [0.1, 0.15) is 25.7 Å². The van der Waals surface area contributed by atoms with Crippen molar-refractivity contribution in [2.45, 2.75) is 42.7 Å².